The molecule has 1 aromatic carbocycles. The molecule has 19 heavy (non-hydrogen) atoms. The number of benzene rings is 1. The maximum Gasteiger partial charge on any atom is 0.304 e. The lowest BCUT2D eigenvalue weighted by atomic mass is 10.1. The van der Waals surface area contributed by atoms with Crippen LogP contribution in [-0.2, 0) is 16.0 Å². The molecular formula is C14H18FNO3. The van der Waals surface area contributed by atoms with Gasteiger partial charge < -0.3 is 10.0 Å². The molecule has 0 fully saturated rings. The van der Waals surface area contributed by atoms with E-state index in [2.05, 4.69) is 0 Å². The van der Waals surface area contributed by atoms with Gasteiger partial charge in [-0.15, -0.1) is 0 Å². The van der Waals surface area contributed by atoms with Crippen LogP contribution in [0.25, 0.3) is 0 Å². The molecule has 1 unspecified atom stereocenters. The van der Waals surface area contributed by atoms with E-state index in [0.717, 1.165) is 5.56 Å². The number of hydrogen-bond donors (Lipinski definition) is 1. The fourth-order valence-electron chi connectivity index (χ4n) is 1.82. The molecule has 0 aliphatic heterocycles. The summed E-state index contributed by atoms with van der Waals surface area (Å²) in [5, 5.41) is 8.64. The summed E-state index contributed by atoms with van der Waals surface area (Å²) in [4.78, 5) is 23.9. The largest absolute Gasteiger partial charge is 0.481 e. The van der Waals surface area contributed by atoms with Gasteiger partial charge in [-0.1, -0.05) is 19.1 Å². The molecule has 0 saturated heterocycles. The van der Waals surface area contributed by atoms with Crippen molar-refractivity contribution in [3.63, 3.8) is 0 Å². The Balaban J connectivity index is 2.48. The van der Waals surface area contributed by atoms with Crippen LogP contribution in [0.5, 0.6) is 0 Å². The first-order valence-electron chi connectivity index (χ1n) is 6.11. The van der Waals surface area contributed by atoms with Gasteiger partial charge in [-0.05, 0) is 24.1 Å². The molecule has 1 aromatic rings. The second-order valence-corrected chi connectivity index (χ2v) is 4.64. The number of carbonyl (C=O) groups is 2. The van der Waals surface area contributed by atoms with Gasteiger partial charge in [0.15, 0.2) is 0 Å². The Labute approximate surface area is 111 Å². The Morgan fingerprint density at radius 3 is 2.68 bits per heavy atom. The number of aliphatic carboxylic acids is 1. The van der Waals surface area contributed by atoms with Crippen LogP contribution < -0.4 is 0 Å². The van der Waals surface area contributed by atoms with Crippen molar-refractivity contribution in [1.29, 1.82) is 0 Å². The molecule has 0 aliphatic carbocycles. The Kier molecular flexibility index (Phi) is 5.48. The molecule has 0 spiro atoms. The molecule has 0 aromatic heterocycles. The molecule has 0 radical (unpaired) electrons. The molecule has 1 rings (SSSR count). The quantitative estimate of drug-likeness (QED) is 0.857. The number of hydrogen-bond acceptors (Lipinski definition) is 2. The summed E-state index contributed by atoms with van der Waals surface area (Å²) in [6.45, 7) is 2.03. The molecule has 1 amide bonds. The molecule has 1 N–H and O–H groups in total. The maximum atomic E-state index is 13.0. The Hall–Kier alpha value is -1.91. The van der Waals surface area contributed by atoms with Crippen LogP contribution in [-0.4, -0.2) is 35.5 Å². The van der Waals surface area contributed by atoms with E-state index in [0.29, 0.717) is 13.0 Å². The van der Waals surface area contributed by atoms with Crippen LogP contribution >= 0.6 is 0 Å². The molecule has 0 bridgehead atoms. The predicted molar refractivity (Wildman–Crippen MR) is 69.2 cm³/mol. The van der Waals surface area contributed by atoms with Crippen molar-refractivity contribution in [2.45, 2.75) is 19.8 Å². The van der Waals surface area contributed by atoms with Crippen LogP contribution in [0.2, 0.25) is 0 Å². The van der Waals surface area contributed by atoms with Crippen molar-refractivity contribution in [1.82, 2.24) is 4.90 Å². The summed E-state index contributed by atoms with van der Waals surface area (Å²) in [5.74, 6) is -2.04. The summed E-state index contributed by atoms with van der Waals surface area (Å²) < 4.78 is 13.0. The normalized spacial score (nSPS) is 11.9. The average Bonchev–Trinajstić information content (AvgIpc) is 2.34. The summed E-state index contributed by atoms with van der Waals surface area (Å²) >= 11 is 0. The van der Waals surface area contributed by atoms with E-state index in [1.807, 2.05) is 0 Å². The van der Waals surface area contributed by atoms with Gasteiger partial charge in [0, 0.05) is 19.5 Å². The maximum absolute atomic E-state index is 13.0. The highest BCUT2D eigenvalue weighted by atomic mass is 19.1. The Morgan fingerprint density at radius 2 is 2.11 bits per heavy atom. The number of amides is 1. The zero-order valence-electron chi connectivity index (χ0n) is 11.1. The fraction of sp³-hybridized carbons (Fsp3) is 0.429. The average molecular weight is 267 g/mol. The van der Waals surface area contributed by atoms with Gasteiger partial charge in [-0.25, -0.2) is 4.39 Å². The number of likely N-dealkylation sites (N-methyl/N-ethyl adjacent to an activating group) is 1. The van der Waals surface area contributed by atoms with Crippen LogP contribution in [0.1, 0.15) is 18.9 Å². The highest BCUT2D eigenvalue weighted by Crippen LogP contribution is 2.09. The van der Waals surface area contributed by atoms with Crippen LogP contribution in [0.3, 0.4) is 0 Å². The van der Waals surface area contributed by atoms with Crippen molar-refractivity contribution in [3.8, 4) is 0 Å². The van der Waals surface area contributed by atoms with Crippen molar-refractivity contribution >= 4 is 11.9 Å². The van der Waals surface area contributed by atoms with Gasteiger partial charge in [-0.2, -0.15) is 0 Å². The molecular weight excluding hydrogens is 249 g/mol. The smallest absolute Gasteiger partial charge is 0.304 e. The first kappa shape index (κ1) is 15.1. The Bertz CT molecular complexity index is 462. The van der Waals surface area contributed by atoms with Crippen LogP contribution in [0.4, 0.5) is 4.39 Å². The van der Waals surface area contributed by atoms with Gasteiger partial charge >= 0.3 is 5.97 Å². The molecule has 1 atom stereocenters. The SMILES string of the molecule is CC(CC(=O)O)C(=O)N(C)CCc1cccc(F)c1. The van der Waals surface area contributed by atoms with Gasteiger partial charge in [0.2, 0.25) is 5.91 Å². The second kappa shape index (κ2) is 6.87. The zero-order valence-corrected chi connectivity index (χ0v) is 11.1. The topological polar surface area (TPSA) is 57.6 Å². The number of nitrogens with zero attached hydrogens (tertiary/aromatic N) is 1. The third-order valence-electron chi connectivity index (χ3n) is 2.90. The molecule has 5 heteroatoms. The van der Waals surface area contributed by atoms with Gasteiger partial charge in [0.05, 0.1) is 6.42 Å². The monoisotopic (exact) mass is 267 g/mol. The fourth-order valence-corrected chi connectivity index (χ4v) is 1.82. The molecule has 0 aliphatic rings. The van der Waals surface area contributed by atoms with E-state index in [1.54, 1.807) is 26.1 Å². The number of carboxylic acids is 1. The van der Waals surface area contributed by atoms with Crippen LogP contribution in [0, 0.1) is 11.7 Å². The van der Waals surface area contributed by atoms with E-state index >= 15 is 0 Å². The second-order valence-electron chi connectivity index (χ2n) is 4.64. The van der Waals surface area contributed by atoms with Crippen molar-refractivity contribution in [2.75, 3.05) is 13.6 Å². The minimum atomic E-state index is -0.987. The van der Waals surface area contributed by atoms with E-state index in [-0.39, 0.29) is 18.1 Å². The molecule has 104 valence electrons. The van der Waals surface area contributed by atoms with E-state index in [1.165, 1.54) is 17.0 Å². The standard InChI is InChI=1S/C14H18FNO3/c1-10(8-13(17)18)14(19)16(2)7-6-11-4-3-5-12(15)9-11/h3-5,9-10H,6-8H2,1-2H3,(H,17,18). The molecule has 4 nitrogen and oxygen atoms in total. The predicted octanol–water partition coefficient (Wildman–Crippen LogP) is 1.94. The number of carboxylic acid groups (broad SMARTS) is 1. The van der Waals surface area contributed by atoms with Crippen molar-refractivity contribution in [3.05, 3.63) is 35.6 Å². The lowest BCUT2D eigenvalue weighted by molar-refractivity contribution is -0.143. The lowest BCUT2D eigenvalue weighted by Gasteiger charge is -2.20. The minimum Gasteiger partial charge on any atom is -0.481 e. The first-order valence-corrected chi connectivity index (χ1v) is 6.11. The summed E-state index contributed by atoms with van der Waals surface area (Å²) in [6, 6.07) is 6.22. The number of rotatable bonds is 6. The van der Waals surface area contributed by atoms with E-state index in [4.69, 9.17) is 5.11 Å². The molecule has 0 saturated carbocycles. The van der Waals surface area contributed by atoms with Crippen molar-refractivity contribution < 1.29 is 19.1 Å². The summed E-state index contributed by atoms with van der Waals surface area (Å²) in [7, 11) is 1.62. The minimum absolute atomic E-state index is 0.177. The third kappa shape index (κ3) is 5.07. The molecule has 0 heterocycles. The van der Waals surface area contributed by atoms with E-state index in [9.17, 15) is 14.0 Å². The van der Waals surface area contributed by atoms with Crippen LogP contribution in [0.15, 0.2) is 24.3 Å². The van der Waals surface area contributed by atoms with E-state index < -0.39 is 11.9 Å². The highest BCUT2D eigenvalue weighted by molar-refractivity contribution is 5.82. The lowest BCUT2D eigenvalue weighted by Crippen LogP contribution is -2.34. The van der Waals surface area contributed by atoms with Crippen molar-refractivity contribution in [2.24, 2.45) is 5.92 Å². The number of carbonyl (C=O) groups excluding carboxylic acids is 1. The van der Waals surface area contributed by atoms with Gasteiger partial charge in [-0.3, -0.25) is 9.59 Å². The number of halogens is 1. The van der Waals surface area contributed by atoms with Gasteiger partial charge in [0.25, 0.3) is 0 Å². The van der Waals surface area contributed by atoms with Gasteiger partial charge in [0.1, 0.15) is 5.82 Å². The zero-order chi connectivity index (χ0) is 14.4. The third-order valence-corrected chi connectivity index (χ3v) is 2.90. The Morgan fingerprint density at radius 1 is 1.42 bits per heavy atom. The highest BCUT2D eigenvalue weighted by Gasteiger charge is 2.19. The first-order chi connectivity index (χ1) is 8.90. The summed E-state index contributed by atoms with van der Waals surface area (Å²) in [5.41, 5.74) is 0.811. The summed E-state index contributed by atoms with van der Waals surface area (Å²) in [6.07, 6.45) is 0.364.